The predicted octanol–water partition coefficient (Wildman–Crippen LogP) is -0.991. The quantitative estimate of drug-likeness (QED) is 0.0621. The number of carboxylic acids is 1. The molecule has 1 saturated heterocycles. The smallest absolute Gasteiger partial charge is 0.352 e. The van der Waals surface area contributed by atoms with Gasteiger partial charge in [0.05, 0.1) is 0 Å². The zero-order valence-electron chi connectivity index (χ0n) is 17.2. The van der Waals surface area contributed by atoms with Crippen LogP contribution in [0.2, 0.25) is 0 Å². The molecule has 182 valence electrons. The first-order valence-corrected chi connectivity index (χ1v) is 12.1. The molecule has 8 N–H and O–H groups in total. The van der Waals surface area contributed by atoms with Crippen molar-refractivity contribution in [3.63, 3.8) is 0 Å². The Morgan fingerprint density at radius 2 is 2.11 bits per heavy atom. The van der Waals surface area contributed by atoms with Crippen molar-refractivity contribution in [2.24, 2.45) is 5.16 Å². The summed E-state index contributed by atoms with van der Waals surface area (Å²) in [5, 5.41) is 25.4. The Balaban J connectivity index is 1.49. The van der Waals surface area contributed by atoms with Gasteiger partial charge in [0.25, 0.3) is 17.4 Å². The lowest BCUT2D eigenvalue weighted by molar-refractivity contribution is -0.150. The average Bonchev–Trinajstić information content (AvgIpc) is 3.22. The molecule has 15 nitrogen and oxygen atoms in total. The number of oxime groups is 1. The largest absolute Gasteiger partial charge is 0.477 e. The minimum absolute atomic E-state index is 0.0518. The van der Waals surface area contributed by atoms with Crippen molar-refractivity contribution < 1.29 is 24.7 Å². The fourth-order valence-corrected chi connectivity index (χ4v) is 5.65. The van der Waals surface area contributed by atoms with Gasteiger partial charge >= 0.3 is 5.97 Å². The van der Waals surface area contributed by atoms with Gasteiger partial charge in [0.2, 0.25) is 17.5 Å². The van der Waals surface area contributed by atoms with Gasteiger partial charge in [-0.2, -0.15) is 9.36 Å². The lowest BCUT2D eigenvalue weighted by atomic mass is 10.0. The van der Waals surface area contributed by atoms with E-state index in [9.17, 15) is 29.5 Å². The average molecular weight is 538 g/mol. The van der Waals surface area contributed by atoms with Crippen LogP contribution in [0, 0.1) is 0 Å². The van der Waals surface area contributed by atoms with Crippen LogP contribution in [0.5, 0.6) is 0 Å². The Morgan fingerprint density at radius 1 is 1.34 bits per heavy atom. The molecular formula is C17H15N9O6S3. The van der Waals surface area contributed by atoms with Gasteiger partial charge in [-0.15, -0.1) is 11.8 Å². The third-order valence-corrected chi connectivity index (χ3v) is 7.22. The number of fused-ring (bicyclic) bond motifs is 1. The molecule has 0 unspecified atom stereocenters. The molecule has 4 heterocycles. The topological polar surface area (TPSA) is 243 Å². The van der Waals surface area contributed by atoms with Gasteiger partial charge < -0.3 is 27.1 Å². The summed E-state index contributed by atoms with van der Waals surface area (Å²) in [7, 11) is 0. The minimum Gasteiger partial charge on any atom is -0.477 e. The van der Waals surface area contributed by atoms with E-state index in [1.54, 1.807) is 0 Å². The van der Waals surface area contributed by atoms with E-state index in [0.29, 0.717) is 10.6 Å². The number of allylic oxidation sites excluding steroid dienone is 1. The zero-order chi connectivity index (χ0) is 25.3. The highest BCUT2D eigenvalue weighted by Gasteiger charge is 2.54. The van der Waals surface area contributed by atoms with E-state index >= 15 is 0 Å². The number of thioether (sulfide) groups is 2. The molecule has 18 heteroatoms. The molecule has 4 rings (SSSR count). The fraction of sp³-hybridized carbons (Fsp3) is 0.176. The highest BCUT2D eigenvalue weighted by Crippen LogP contribution is 2.41. The first-order chi connectivity index (χ1) is 16.7. The maximum atomic E-state index is 12.8. The van der Waals surface area contributed by atoms with E-state index in [0.717, 1.165) is 28.2 Å². The zero-order valence-corrected chi connectivity index (χ0v) is 19.7. The standard InChI is InChI=1S/C17H15N9O6S3/c18-16-20-6(27)3-7(21-16)33-2-1-5-4-34-14-9(13(29)26(14)10(5)15(30)31)22-12(28)8(24-32)11-23-17(19)35-25-11/h1-3,9,14,32H,4H2,(H,22,28)(H,30,31)(H2,19,23,25)(H3,18,20,21,27)/t9-,14-/m1/s1. The summed E-state index contributed by atoms with van der Waals surface area (Å²) in [5.41, 5.74) is 10.1. The van der Waals surface area contributed by atoms with Gasteiger partial charge in [-0.05, 0) is 17.1 Å². The lowest BCUT2D eigenvalue weighted by Gasteiger charge is -2.49. The number of nitrogens with two attached hydrogens (primary N) is 2. The van der Waals surface area contributed by atoms with Gasteiger partial charge in [0.1, 0.15) is 22.1 Å². The van der Waals surface area contributed by atoms with E-state index in [4.69, 9.17) is 11.5 Å². The van der Waals surface area contributed by atoms with Gasteiger partial charge in [-0.3, -0.25) is 24.3 Å². The molecule has 0 aromatic carbocycles. The molecule has 2 aromatic rings. The number of carbonyl (C=O) groups is 3. The Bertz CT molecular complexity index is 1370. The van der Waals surface area contributed by atoms with Gasteiger partial charge in [-0.1, -0.05) is 16.9 Å². The predicted molar refractivity (Wildman–Crippen MR) is 127 cm³/mol. The van der Waals surface area contributed by atoms with Crippen LogP contribution in [0.3, 0.4) is 0 Å². The number of carboxylic acid groups (broad SMARTS) is 1. The normalized spacial score (nSPS) is 20.1. The minimum atomic E-state index is -1.32. The Morgan fingerprint density at radius 3 is 2.74 bits per heavy atom. The van der Waals surface area contributed by atoms with Crippen molar-refractivity contribution in [1.82, 2.24) is 29.5 Å². The van der Waals surface area contributed by atoms with Crippen LogP contribution in [0.4, 0.5) is 11.1 Å². The highest BCUT2D eigenvalue weighted by molar-refractivity contribution is 8.02. The molecule has 2 amide bonds. The summed E-state index contributed by atoms with van der Waals surface area (Å²) < 4.78 is 3.79. The number of rotatable bonds is 7. The van der Waals surface area contributed by atoms with Crippen molar-refractivity contribution in [2.75, 3.05) is 17.2 Å². The van der Waals surface area contributed by atoms with E-state index < -0.39 is 40.5 Å². The number of aromatic amines is 1. The monoisotopic (exact) mass is 537 g/mol. The van der Waals surface area contributed by atoms with Crippen LogP contribution < -0.4 is 22.3 Å². The van der Waals surface area contributed by atoms with Crippen LogP contribution >= 0.6 is 35.1 Å². The Kier molecular flexibility index (Phi) is 6.76. The number of β-lactam (4-membered cyclic amide) rings is 1. The van der Waals surface area contributed by atoms with E-state index in [1.165, 1.54) is 29.3 Å². The first kappa shape index (κ1) is 24.2. The third kappa shape index (κ3) is 4.84. The second-order valence-corrected chi connectivity index (χ2v) is 9.65. The van der Waals surface area contributed by atoms with Gasteiger partial charge in [-0.25, -0.2) is 9.78 Å². The number of aliphatic carboxylic acids is 1. The van der Waals surface area contributed by atoms with Crippen LogP contribution in [-0.2, 0) is 14.4 Å². The molecule has 2 atom stereocenters. The maximum Gasteiger partial charge on any atom is 0.352 e. The Hall–Kier alpha value is -3.90. The van der Waals surface area contributed by atoms with Crippen molar-refractivity contribution in [2.45, 2.75) is 16.4 Å². The lowest BCUT2D eigenvalue weighted by Crippen LogP contribution is -2.71. The highest BCUT2D eigenvalue weighted by atomic mass is 32.2. The number of anilines is 2. The molecule has 1 fully saturated rings. The SMILES string of the molecule is Nc1nc(SC=CC2=C(C(=O)O)N3C(=O)[C@@H](NC(=O)C(=NO)c4nsc(N)n4)[C@H]3SC2)cc(=O)[nH]1. The maximum absolute atomic E-state index is 12.8. The summed E-state index contributed by atoms with van der Waals surface area (Å²) in [6.45, 7) is 0. The van der Waals surface area contributed by atoms with Crippen molar-refractivity contribution in [3.05, 3.63) is 45.0 Å². The fourth-order valence-electron chi connectivity index (χ4n) is 3.20. The molecule has 2 aliphatic heterocycles. The molecule has 0 aliphatic carbocycles. The van der Waals surface area contributed by atoms with Crippen molar-refractivity contribution in [1.29, 1.82) is 0 Å². The molecule has 2 aromatic heterocycles. The number of amides is 2. The van der Waals surface area contributed by atoms with Crippen LogP contribution in [0.15, 0.2) is 43.8 Å². The van der Waals surface area contributed by atoms with Gasteiger partial charge in [0.15, 0.2) is 5.13 Å². The summed E-state index contributed by atoms with van der Waals surface area (Å²) in [5.74, 6) is -2.95. The van der Waals surface area contributed by atoms with Gasteiger partial charge in [0, 0.05) is 23.4 Å². The molecule has 0 spiro atoms. The third-order valence-electron chi connectivity index (χ3n) is 4.65. The molecule has 0 bridgehead atoms. The second kappa shape index (κ2) is 9.76. The number of hydrogen-bond donors (Lipinski definition) is 6. The number of carbonyl (C=O) groups excluding carboxylic acids is 2. The second-order valence-electron chi connectivity index (χ2n) is 6.83. The van der Waals surface area contributed by atoms with E-state index in [1.807, 2.05) is 0 Å². The van der Waals surface area contributed by atoms with E-state index in [-0.39, 0.29) is 28.4 Å². The molecule has 0 saturated carbocycles. The number of H-pyrrole nitrogens is 1. The number of aromatic nitrogens is 4. The number of nitrogens with zero attached hydrogens (tertiary/aromatic N) is 5. The summed E-state index contributed by atoms with van der Waals surface area (Å²) in [6.07, 6.45) is 1.50. The first-order valence-electron chi connectivity index (χ1n) is 9.43. The number of nitrogen functional groups attached to an aromatic ring is 2. The number of nitrogens with one attached hydrogen (secondary N) is 2. The molecular weight excluding hydrogens is 522 g/mol. The summed E-state index contributed by atoms with van der Waals surface area (Å²) in [4.78, 5) is 59.8. The van der Waals surface area contributed by atoms with Crippen molar-refractivity contribution in [3.8, 4) is 0 Å². The Labute approximate surface area is 207 Å². The molecule has 2 aliphatic rings. The van der Waals surface area contributed by atoms with Crippen LogP contribution in [0.25, 0.3) is 0 Å². The van der Waals surface area contributed by atoms with Crippen LogP contribution in [-0.4, -0.2) is 75.2 Å². The summed E-state index contributed by atoms with van der Waals surface area (Å²) in [6, 6.07) is 0.174. The number of hydrogen-bond acceptors (Lipinski definition) is 14. The van der Waals surface area contributed by atoms with E-state index in [2.05, 4.69) is 29.8 Å². The summed E-state index contributed by atoms with van der Waals surface area (Å²) >= 11 is 3.07. The molecule has 35 heavy (non-hydrogen) atoms. The molecule has 0 radical (unpaired) electrons. The van der Waals surface area contributed by atoms with Crippen LogP contribution in [0.1, 0.15) is 5.82 Å². The van der Waals surface area contributed by atoms with Crippen molar-refractivity contribution >= 4 is 69.6 Å².